The summed E-state index contributed by atoms with van der Waals surface area (Å²) >= 11 is 1.41. The average molecular weight is 344 g/mol. The molecule has 3 rings (SSSR count). The molecule has 2 aromatic rings. The van der Waals surface area contributed by atoms with Crippen molar-refractivity contribution in [2.24, 2.45) is 5.16 Å². The molecule has 24 heavy (non-hydrogen) atoms. The number of halogens is 1. The predicted molar refractivity (Wildman–Crippen MR) is 92.8 cm³/mol. The summed E-state index contributed by atoms with van der Waals surface area (Å²) in [5, 5.41) is 5.96. The van der Waals surface area contributed by atoms with Crippen molar-refractivity contribution in [1.29, 1.82) is 0 Å². The van der Waals surface area contributed by atoms with E-state index in [1.165, 1.54) is 23.5 Å². The molecule has 0 radical (unpaired) electrons. The fourth-order valence-corrected chi connectivity index (χ4v) is 3.23. The second kappa shape index (κ2) is 7.40. The maximum atomic E-state index is 13.0. The van der Waals surface area contributed by atoms with E-state index in [0.717, 1.165) is 11.3 Å². The summed E-state index contributed by atoms with van der Waals surface area (Å²) in [6.45, 7) is 4.59. The molecule has 0 fully saturated rings. The summed E-state index contributed by atoms with van der Waals surface area (Å²) in [5.41, 5.74) is 1.60. The van der Waals surface area contributed by atoms with Crippen molar-refractivity contribution in [2.45, 2.75) is 12.5 Å². The van der Waals surface area contributed by atoms with Crippen LogP contribution in [0.5, 0.6) is 0 Å². The summed E-state index contributed by atoms with van der Waals surface area (Å²) in [6, 6.07) is 9.81. The zero-order valence-electron chi connectivity index (χ0n) is 13.0. The van der Waals surface area contributed by atoms with Gasteiger partial charge >= 0.3 is 0 Å². The van der Waals surface area contributed by atoms with E-state index in [2.05, 4.69) is 11.7 Å². The van der Waals surface area contributed by atoms with Crippen molar-refractivity contribution >= 4 is 23.0 Å². The average Bonchev–Trinajstić information content (AvgIpc) is 3.26. The number of carbonyl (C=O) groups excluding carboxylic acids is 1. The maximum Gasteiger partial charge on any atom is 0.264 e. The lowest BCUT2D eigenvalue weighted by Gasteiger charge is -2.22. The first kappa shape index (κ1) is 16.4. The van der Waals surface area contributed by atoms with Crippen LogP contribution >= 0.6 is 11.3 Å². The Labute approximate surface area is 143 Å². The van der Waals surface area contributed by atoms with Gasteiger partial charge in [-0.3, -0.25) is 4.79 Å². The minimum Gasteiger partial charge on any atom is -0.390 e. The van der Waals surface area contributed by atoms with E-state index < -0.39 is 0 Å². The van der Waals surface area contributed by atoms with Crippen LogP contribution in [0, 0.1) is 5.82 Å². The SMILES string of the molecule is C=CCN(CC1CC(c2ccc(F)cc2)=NO1)C(=O)c1cccs1. The van der Waals surface area contributed by atoms with Gasteiger partial charge in [-0.15, -0.1) is 17.9 Å². The van der Waals surface area contributed by atoms with Crippen LogP contribution in [0.25, 0.3) is 0 Å². The van der Waals surface area contributed by atoms with Crippen molar-refractivity contribution in [3.63, 3.8) is 0 Å². The van der Waals surface area contributed by atoms with Crippen LogP contribution in [0.2, 0.25) is 0 Å². The van der Waals surface area contributed by atoms with E-state index in [1.54, 1.807) is 29.2 Å². The van der Waals surface area contributed by atoms with Gasteiger partial charge in [0.1, 0.15) is 5.82 Å². The molecule has 1 aliphatic heterocycles. The predicted octanol–water partition coefficient (Wildman–Crippen LogP) is 3.71. The molecule has 1 amide bonds. The molecule has 1 aliphatic rings. The molecule has 1 aromatic carbocycles. The molecule has 124 valence electrons. The third kappa shape index (κ3) is 3.71. The van der Waals surface area contributed by atoms with Gasteiger partial charge in [-0.2, -0.15) is 0 Å². The van der Waals surface area contributed by atoms with Gasteiger partial charge in [0, 0.05) is 13.0 Å². The highest BCUT2D eigenvalue weighted by atomic mass is 32.1. The van der Waals surface area contributed by atoms with E-state index in [0.29, 0.717) is 24.4 Å². The molecule has 1 atom stereocenters. The number of rotatable bonds is 6. The Kier molecular flexibility index (Phi) is 5.05. The first-order valence-electron chi connectivity index (χ1n) is 7.59. The van der Waals surface area contributed by atoms with Crippen molar-refractivity contribution in [3.05, 3.63) is 70.7 Å². The van der Waals surface area contributed by atoms with Crippen LogP contribution in [0.4, 0.5) is 4.39 Å². The van der Waals surface area contributed by atoms with E-state index in [9.17, 15) is 9.18 Å². The first-order chi connectivity index (χ1) is 11.7. The van der Waals surface area contributed by atoms with Crippen molar-refractivity contribution < 1.29 is 14.0 Å². The first-order valence-corrected chi connectivity index (χ1v) is 8.47. The fraction of sp³-hybridized carbons (Fsp3) is 0.222. The van der Waals surface area contributed by atoms with Crippen LogP contribution in [0.3, 0.4) is 0 Å². The molecule has 0 saturated heterocycles. The Morgan fingerprint density at radius 3 is 2.88 bits per heavy atom. The van der Waals surface area contributed by atoms with Gasteiger partial charge in [0.15, 0.2) is 6.10 Å². The molecular formula is C18H17FN2O2S. The highest BCUT2D eigenvalue weighted by molar-refractivity contribution is 7.12. The quantitative estimate of drug-likeness (QED) is 0.750. The summed E-state index contributed by atoms with van der Waals surface area (Å²) in [7, 11) is 0. The maximum absolute atomic E-state index is 13.0. The van der Waals surface area contributed by atoms with Crippen LogP contribution in [0.1, 0.15) is 21.7 Å². The Balaban J connectivity index is 1.64. The third-order valence-corrected chi connectivity index (χ3v) is 4.56. The molecule has 4 nitrogen and oxygen atoms in total. The van der Waals surface area contributed by atoms with Gasteiger partial charge in [0.05, 0.1) is 17.1 Å². The number of carbonyl (C=O) groups is 1. The third-order valence-electron chi connectivity index (χ3n) is 3.70. The van der Waals surface area contributed by atoms with Gasteiger partial charge in [-0.1, -0.05) is 29.4 Å². The number of nitrogens with zero attached hydrogens (tertiary/aromatic N) is 2. The van der Waals surface area contributed by atoms with Crippen LogP contribution < -0.4 is 0 Å². The molecule has 0 bridgehead atoms. The van der Waals surface area contributed by atoms with Crippen molar-refractivity contribution in [3.8, 4) is 0 Å². The molecule has 1 aromatic heterocycles. The highest BCUT2D eigenvalue weighted by Crippen LogP contribution is 2.20. The molecule has 0 N–H and O–H groups in total. The summed E-state index contributed by atoms with van der Waals surface area (Å²) in [6.07, 6.45) is 2.06. The van der Waals surface area contributed by atoms with Crippen LogP contribution in [-0.4, -0.2) is 35.7 Å². The second-order valence-corrected chi connectivity index (χ2v) is 6.40. The molecule has 2 heterocycles. The monoisotopic (exact) mass is 344 g/mol. The van der Waals surface area contributed by atoms with E-state index in [-0.39, 0.29) is 17.8 Å². The number of thiophene rings is 1. The Morgan fingerprint density at radius 1 is 1.42 bits per heavy atom. The zero-order valence-corrected chi connectivity index (χ0v) is 13.8. The highest BCUT2D eigenvalue weighted by Gasteiger charge is 2.27. The number of amides is 1. The normalized spacial score (nSPS) is 16.4. The second-order valence-electron chi connectivity index (χ2n) is 5.45. The van der Waals surface area contributed by atoms with Crippen molar-refractivity contribution in [2.75, 3.05) is 13.1 Å². The van der Waals surface area contributed by atoms with Gasteiger partial charge in [0.2, 0.25) is 0 Å². The Morgan fingerprint density at radius 2 is 2.21 bits per heavy atom. The number of hydrogen-bond donors (Lipinski definition) is 0. The summed E-state index contributed by atoms with van der Waals surface area (Å²) < 4.78 is 13.0. The zero-order chi connectivity index (χ0) is 16.9. The summed E-state index contributed by atoms with van der Waals surface area (Å²) in [5.74, 6) is -0.322. The molecule has 0 aliphatic carbocycles. The Hall–Kier alpha value is -2.47. The van der Waals surface area contributed by atoms with Gasteiger partial charge in [-0.05, 0) is 29.1 Å². The largest absolute Gasteiger partial charge is 0.390 e. The van der Waals surface area contributed by atoms with Crippen molar-refractivity contribution in [1.82, 2.24) is 4.90 Å². The van der Waals surface area contributed by atoms with E-state index in [4.69, 9.17) is 4.84 Å². The molecule has 0 spiro atoms. The molecule has 1 unspecified atom stereocenters. The standard InChI is InChI=1S/C18H17FN2O2S/c1-2-9-21(18(22)17-4-3-10-24-17)12-15-11-16(20-23-15)13-5-7-14(19)8-6-13/h2-8,10,15H,1,9,11-12H2. The topological polar surface area (TPSA) is 41.9 Å². The van der Waals surface area contributed by atoms with E-state index in [1.807, 2.05) is 11.4 Å². The lowest BCUT2D eigenvalue weighted by molar-refractivity contribution is 0.0452. The number of oxime groups is 1. The molecule has 6 heteroatoms. The molecule has 0 saturated carbocycles. The lowest BCUT2D eigenvalue weighted by Crippen LogP contribution is -2.37. The molecular weight excluding hydrogens is 327 g/mol. The van der Waals surface area contributed by atoms with Gasteiger partial charge in [-0.25, -0.2) is 4.39 Å². The number of hydrogen-bond acceptors (Lipinski definition) is 4. The van der Waals surface area contributed by atoms with Crippen LogP contribution in [0.15, 0.2) is 59.6 Å². The van der Waals surface area contributed by atoms with E-state index >= 15 is 0 Å². The van der Waals surface area contributed by atoms with Gasteiger partial charge in [0.25, 0.3) is 5.91 Å². The Bertz CT molecular complexity index is 741. The van der Waals surface area contributed by atoms with Crippen LogP contribution in [-0.2, 0) is 4.84 Å². The fourth-order valence-electron chi connectivity index (χ4n) is 2.54. The summed E-state index contributed by atoms with van der Waals surface area (Å²) in [4.78, 5) is 20.4. The van der Waals surface area contributed by atoms with Gasteiger partial charge < -0.3 is 9.74 Å². The minimum atomic E-state index is -0.284. The minimum absolute atomic E-state index is 0.0382. The number of benzene rings is 1. The smallest absolute Gasteiger partial charge is 0.264 e. The lowest BCUT2D eigenvalue weighted by atomic mass is 10.0.